The summed E-state index contributed by atoms with van der Waals surface area (Å²) in [6.07, 6.45) is 3.18. The standard InChI is InChI=1S/C15H13NO4S/c17-11-5-4-9(7-10(11)15(19)20)16-14(18)13-6-8-2-1-3-12(8)21-13/h4-7,17H,1-3H2,(H,16,18)(H,19,20). The lowest BCUT2D eigenvalue weighted by Crippen LogP contribution is -2.11. The highest BCUT2D eigenvalue weighted by atomic mass is 32.1. The predicted octanol–water partition coefficient (Wildman–Crippen LogP) is 2.89. The van der Waals surface area contributed by atoms with Gasteiger partial charge in [-0.25, -0.2) is 4.79 Å². The third-order valence-electron chi connectivity index (χ3n) is 3.46. The summed E-state index contributed by atoms with van der Waals surface area (Å²) in [5.41, 5.74) is 1.35. The third kappa shape index (κ3) is 2.62. The van der Waals surface area contributed by atoms with Gasteiger partial charge >= 0.3 is 5.97 Å². The second-order valence-corrected chi connectivity index (χ2v) is 6.04. The summed E-state index contributed by atoms with van der Waals surface area (Å²) in [5, 5.41) is 21.1. The van der Waals surface area contributed by atoms with Gasteiger partial charge in [-0.2, -0.15) is 0 Å². The van der Waals surface area contributed by atoms with E-state index in [2.05, 4.69) is 5.32 Å². The molecular formula is C15H13NO4S. The van der Waals surface area contributed by atoms with E-state index in [9.17, 15) is 14.7 Å². The zero-order valence-electron chi connectivity index (χ0n) is 11.0. The van der Waals surface area contributed by atoms with E-state index in [0.29, 0.717) is 10.6 Å². The maximum atomic E-state index is 12.2. The van der Waals surface area contributed by atoms with Crippen LogP contribution in [0.25, 0.3) is 0 Å². The normalized spacial score (nSPS) is 13.0. The molecule has 1 aliphatic rings. The van der Waals surface area contributed by atoms with Crippen molar-refractivity contribution in [2.24, 2.45) is 0 Å². The SMILES string of the molecule is O=C(Nc1ccc(O)c(C(=O)O)c1)c1cc2c(s1)CCC2. The molecule has 0 radical (unpaired) electrons. The van der Waals surface area contributed by atoms with Crippen LogP contribution in [0.2, 0.25) is 0 Å². The monoisotopic (exact) mass is 303 g/mol. The molecule has 108 valence electrons. The van der Waals surface area contributed by atoms with E-state index in [-0.39, 0.29) is 17.2 Å². The van der Waals surface area contributed by atoms with Gasteiger partial charge in [0.05, 0.1) is 4.88 Å². The molecule has 0 saturated heterocycles. The van der Waals surface area contributed by atoms with Crippen molar-refractivity contribution in [3.05, 3.63) is 45.1 Å². The molecule has 1 heterocycles. The van der Waals surface area contributed by atoms with E-state index < -0.39 is 5.97 Å². The minimum atomic E-state index is -1.24. The molecule has 1 aliphatic carbocycles. The van der Waals surface area contributed by atoms with Crippen LogP contribution in [-0.4, -0.2) is 22.1 Å². The fourth-order valence-electron chi connectivity index (χ4n) is 2.42. The number of rotatable bonds is 3. The van der Waals surface area contributed by atoms with Gasteiger partial charge in [0.15, 0.2) is 0 Å². The number of fused-ring (bicyclic) bond motifs is 1. The number of hydrogen-bond donors (Lipinski definition) is 3. The first-order valence-corrected chi connectivity index (χ1v) is 7.35. The third-order valence-corrected chi connectivity index (χ3v) is 4.69. The van der Waals surface area contributed by atoms with Crippen molar-refractivity contribution >= 4 is 28.9 Å². The van der Waals surface area contributed by atoms with E-state index in [0.717, 1.165) is 19.3 Å². The minimum absolute atomic E-state index is 0.235. The van der Waals surface area contributed by atoms with Crippen LogP contribution in [0.4, 0.5) is 5.69 Å². The van der Waals surface area contributed by atoms with Gasteiger partial charge in [0.25, 0.3) is 5.91 Å². The molecule has 21 heavy (non-hydrogen) atoms. The molecule has 1 aromatic carbocycles. The molecule has 6 heteroatoms. The van der Waals surface area contributed by atoms with Gasteiger partial charge < -0.3 is 15.5 Å². The van der Waals surface area contributed by atoms with Crippen LogP contribution in [0.1, 0.15) is 36.9 Å². The highest BCUT2D eigenvalue weighted by Crippen LogP contribution is 2.31. The summed E-state index contributed by atoms with van der Waals surface area (Å²) >= 11 is 1.49. The Morgan fingerprint density at radius 3 is 2.71 bits per heavy atom. The van der Waals surface area contributed by atoms with Crippen molar-refractivity contribution in [2.45, 2.75) is 19.3 Å². The number of carbonyl (C=O) groups is 2. The van der Waals surface area contributed by atoms with Crippen molar-refractivity contribution in [1.29, 1.82) is 0 Å². The maximum absolute atomic E-state index is 12.2. The average molecular weight is 303 g/mol. The van der Waals surface area contributed by atoms with Crippen LogP contribution in [0.15, 0.2) is 24.3 Å². The molecule has 1 amide bonds. The first-order chi connectivity index (χ1) is 10.0. The fraction of sp³-hybridized carbons (Fsp3) is 0.200. The van der Waals surface area contributed by atoms with Gasteiger partial charge in [-0.05, 0) is 49.1 Å². The highest BCUT2D eigenvalue weighted by Gasteiger charge is 2.19. The molecule has 2 aromatic rings. The molecule has 0 spiro atoms. The largest absolute Gasteiger partial charge is 0.507 e. The predicted molar refractivity (Wildman–Crippen MR) is 79.4 cm³/mol. The van der Waals surface area contributed by atoms with E-state index in [1.807, 2.05) is 6.07 Å². The van der Waals surface area contributed by atoms with Gasteiger partial charge in [-0.15, -0.1) is 11.3 Å². The second kappa shape index (κ2) is 5.21. The summed E-state index contributed by atoms with van der Waals surface area (Å²) < 4.78 is 0. The number of aromatic carboxylic acids is 1. The molecule has 5 nitrogen and oxygen atoms in total. The minimum Gasteiger partial charge on any atom is -0.507 e. The van der Waals surface area contributed by atoms with Crippen molar-refractivity contribution in [3.8, 4) is 5.75 Å². The number of thiophene rings is 1. The van der Waals surface area contributed by atoms with E-state index in [1.54, 1.807) is 0 Å². The van der Waals surface area contributed by atoms with Crippen LogP contribution in [0.5, 0.6) is 5.75 Å². The number of anilines is 1. The number of carbonyl (C=O) groups excluding carboxylic acids is 1. The molecule has 3 N–H and O–H groups in total. The van der Waals surface area contributed by atoms with Crippen molar-refractivity contribution in [2.75, 3.05) is 5.32 Å². The van der Waals surface area contributed by atoms with Gasteiger partial charge in [0.2, 0.25) is 0 Å². The van der Waals surface area contributed by atoms with E-state index >= 15 is 0 Å². The zero-order valence-corrected chi connectivity index (χ0v) is 11.9. The molecule has 0 bridgehead atoms. The van der Waals surface area contributed by atoms with Crippen LogP contribution in [0, 0.1) is 0 Å². The number of nitrogens with one attached hydrogen (secondary N) is 1. The Balaban J connectivity index is 1.81. The number of benzene rings is 1. The number of hydrogen-bond acceptors (Lipinski definition) is 4. The summed E-state index contributed by atoms with van der Waals surface area (Å²) in [7, 11) is 0. The molecule has 3 rings (SSSR count). The summed E-state index contributed by atoms with van der Waals surface area (Å²) in [6.45, 7) is 0. The summed E-state index contributed by atoms with van der Waals surface area (Å²) in [5.74, 6) is -1.81. The molecule has 1 aromatic heterocycles. The van der Waals surface area contributed by atoms with Gasteiger partial charge in [-0.1, -0.05) is 0 Å². The Morgan fingerprint density at radius 1 is 1.19 bits per heavy atom. The summed E-state index contributed by atoms with van der Waals surface area (Å²) in [6, 6.07) is 5.88. The maximum Gasteiger partial charge on any atom is 0.339 e. The first-order valence-electron chi connectivity index (χ1n) is 6.54. The Labute approximate surface area is 124 Å². The number of aryl methyl sites for hydroxylation is 2. The zero-order chi connectivity index (χ0) is 15.0. The van der Waals surface area contributed by atoms with Crippen LogP contribution in [-0.2, 0) is 12.8 Å². The van der Waals surface area contributed by atoms with E-state index in [4.69, 9.17) is 5.11 Å². The van der Waals surface area contributed by atoms with Crippen molar-refractivity contribution < 1.29 is 19.8 Å². The van der Waals surface area contributed by atoms with Crippen LogP contribution < -0.4 is 5.32 Å². The Kier molecular flexibility index (Phi) is 3.39. The van der Waals surface area contributed by atoms with E-state index in [1.165, 1.54) is 40.0 Å². The quantitative estimate of drug-likeness (QED) is 0.761. The Morgan fingerprint density at radius 2 is 2.00 bits per heavy atom. The molecule has 0 aliphatic heterocycles. The Bertz CT molecular complexity index is 714. The average Bonchev–Trinajstić information content (AvgIpc) is 3.01. The van der Waals surface area contributed by atoms with Crippen LogP contribution in [0.3, 0.4) is 0 Å². The smallest absolute Gasteiger partial charge is 0.339 e. The van der Waals surface area contributed by atoms with Crippen molar-refractivity contribution in [3.63, 3.8) is 0 Å². The first kappa shape index (κ1) is 13.6. The van der Waals surface area contributed by atoms with Crippen molar-refractivity contribution in [1.82, 2.24) is 0 Å². The van der Waals surface area contributed by atoms with Crippen LogP contribution >= 0.6 is 11.3 Å². The molecule has 0 atom stereocenters. The number of carboxylic acids is 1. The highest BCUT2D eigenvalue weighted by molar-refractivity contribution is 7.14. The lowest BCUT2D eigenvalue weighted by Gasteiger charge is -2.06. The number of amides is 1. The Hall–Kier alpha value is -2.34. The van der Waals surface area contributed by atoms with Gasteiger partial charge in [0.1, 0.15) is 11.3 Å². The number of aromatic hydroxyl groups is 1. The lowest BCUT2D eigenvalue weighted by atomic mass is 10.1. The number of phenols is 1. The summed E-state index contributed by atoms with van der Waals surface area (Å²) in [4.78, 5) is 25.0. The molecule has 0 saturated carbocycles. The topological polar surface area (TPSA) is 86.6 Å². The number of carboxylic acid groups (broad SMARTS) is 1. The van der Waals surface area contributed by atoms with Gasteiger partial charge in [-0.3, -0.25) is 4.79 Å². The lowest BCUT2D eigenvalue weighted by molar-refractivity contribution is 0.0693. The molecule has 0 unspecified atom stereocenters. The second-order valence-electron chi connectivity index (χ2n) is 4.90. The molecular weight excluding hydrogens is 290 g/mol. The fourth-order valence-corrected chi connectivity index (χ4v) is 3.57. The molecule has 0 fully saturated rings. The van der Waals surface area contributed by atoms with Gasteiger partial charge in [0, 0.05) is 10.6 Å².